The number of carbonyl (C=O) groups is 1. The number of benzene rings is 2. The number of carbonyl (C=O) groups excluding carboxylic acids is 1. The van der Waals surface area contributed by atoms with E-state index in [2.05, 4.69) is 10.6 Å². The second-order valence-electron chi connectivity index (χ2n) is 6.30. The minimum Gasteiger partial charge on any atom is -0.466 e. The third kappa shape index (κ3) is 5.00. The van der Waals surface area contributed by atoms with Crippen LogP contribution in [0.2, 0.25) is 0 Å². The lowest BCUT2D eigenvalue weighted by Gasteiger charge is -2.26. The first kappa shape index (κ1) is 19.7. The van der Waals surface area contributed by atoms with E-state index in [1.165, 1.54) is 14.2 Å². The summed E-state index contributed by atoms with van der Waals surface area (Å²) in [6.45, 7) is 0.292. The first-order valence-electron chi connectivity index (χ1n) is 9.02. The van der Waals surface area contributed by atoms with Gasteiger partial charge < -0.3 is 15.4 Å². The molecule has 0 saturated heterocycles. The van der Waals surface area contributed by atoms with E-state index in [-0.39, 0.29) is 5.97 Å². The van der Waals surface area contributed by atoms with Gasteiger partial charge in [-0.05, 0) is 29.8 Å². The van der Waals surface area contributed by atoms with Crippen LogP contribution in [-0.2, 0) is 19.3 Å². The van der Waals surface area contributed by atoms with Gasteiger partial charge >= 0.3 is 5.97 Å². The van der Waals surface area contributed by atoms with E-state index >= 15 is 0 Å². The van der Waals surface area contributed by atoms with E-state index in [4.69, 9.17) is 14.5 Å². The van der Waals surface area contributed by atoms with E-state index in [1.807, 2.05) is 60.7 Å². The Bertz CT molecular complexity index is 861. The molecule has 0 saturated carbocycles. The number of esters is 1. The first-order chi connectivity index (χ1) is 13.7. The Kier molecular flexibility index (Phi) is 6.84. The fourth-order valence-electron chi connectivity index (χ4n) is 3.07. The van der Waals surface area contributed by atoms with Gasteiger partial charge in [0.25, 0.3) is 0 Å². The van der Waals surface area contributed by atoms with Crippen LogP contribution in [0.1, 0.15) is 12.8 Å². The zero-order chi connectivity index (χ0) is 19.8. The minimum atomic E-state index is -0.350. The molecule has 0 fully saturated rings. The zero-order valence-electron chi connectivity index (χ0n) is 16.0. The topological polar surface area (TPSA) is 68.8 Å². The van der Waals surface area contributed by atoms with Gasteiger partial charge in [-0.3, -0.25) is 0 Å². The molecule has 2 aromatic rings. The Morgan fingerprint density at radius 2 is 1.43 bits per heavy atom. The molecule has 0 atom stereocenters. The van der Waals surface area contributed by atoms with Gasteiger partial charge in [-0.15, -0.1) is 0 Å². The van der Waals surface area contributed by atoms with Gasteiger partial charge in [-0.1, -0.05) is 36.4 Å². The maximum absolute atomic E-state index is 12.5. The molecule has 6 heteroatoms. The summed E-state index contributed by atoms with van der Waals surface area (Å²) >= 11 is 0. The van der Waals surface area contributed by atoms with E-state index < -0.39 is 0 Å². The second kappa shape index (κ2) is 9.73. The molecule has 0 amide bonds. The maximum Gasteiger partial charge on any atom is 0.335 e. The maximum atomic E-state index is 12.5. The predicted octanol–water partition coefficient (Wildman–Crippen LogP) is 4.26. The molecule has 2 N–H and O–H groups in total. The summed E-state index contributed by atoms with van der Waals surface area (Å²) in [5.74, 6) is -0.350. The highest BCUT2D eigenvalue weighted by Gasteiger charge is 2.26. The molecular formula is C22H24N2O4. The molecule has 1 aliphatic rings. The van der Waals surface area contributed by atoms with Gasteiger partial charge in [0.15, 0.2) is 0 Å². The Hall–Kier alpha value is -3.09. The molecular weight excluding hydrogens is 356 g/mol. The summed E-state index contributed by atoms with van der Waals surface area (Å²) in [6, 6.07) is 19.5. The lowest BCUT2D eigenvalue weighted by atomic mass is 9.92. The number of allylic oxidation sites excluding steroid dienone is 2. The highest BCUT2D eigenvalue weighted by molar-refractivity contribution is 5.91. The standard InChI is InChI=1S/C22H24N2O4/c1-26-22(25)19-14-20(23-17-9-5-3-6-10-17)16(15-28-27-2)13-21(19)24-18-11-7-4-8-12-18/h3-12,23-24H,13-15H2,1-2H3. The Labute approximate surface area is 164 Å². The SMILES string of the molecule is COOCC1=C(Nc2ccccc2)CC(C(=O)OC)=C(Nc2ccccc2)C1. The minimum absolute atomic E-state index is 0.292. The number of hydrogen-bond donors (Lipinski definition) is 2. The van der Waals surface area contributed by atoms with Crippen LogP contribution >= 0.6 is 0 Å². The molecule has 3 rings (SSSR count). The summed E-state index contributed by atoms with van der Waals surface area (Å²) < 4.78 is 5.03. The first-order valence-corrected chi connectivity index (χ1v) is 9.02. The third-order valence-electron chi connectivity index (χ3n) is 4.46. The van der Waals surface area contributed by atoms with Crippen molar-refractivity contribution in [3.63, 3.8) is 0 Å². The molecule has 0 spiro atoms. The number of para-hydroxylation sites is 2. The molecule has 0 aliphatic heterocycles. The largest absolute Gasteiger partial charge is 0.466 e. The van der Waals surface area contributed by atoms with Crippen molar-refractivity contribution in [2.75, 3.05) is 31.5 Å². The van der Waals surface area contributed by atoms with Crippen LogP contribution < -0.4 is 10.6 Å². The van der Waals surface area contributed by atoms with Crippen LogP contribution in [0.5, 0.6) is 0 Å². The van der Waals surface area contributed by atoms with Gasteiger partial charge in [0.2, 0.25) is 0 Å². The smallest absolute Gasteiger partial charge is 0.335 e. The normalized spacial score (nSPS) is 14.1. The Balaban J connectivity index is 1.91. The third-order valence-corrected chi connectivity index (χ3v) is 4.46. The average Bonchev–Trinajstić information content (AvgIpc) is 2.74. The van der Waals surface area contributed by atoms with Gasteiger partial charge in [0, 0.05) is 35.6 Å². The van der Waals surface area contributed by atoms with Crippen LogP contribution in [0.15, 0.2) is 83.2 Å². The van der Waals surface area contributed by atoms with Crippen LogP contribution in [0.3, 0.4) is 0 Å². The fraction of sp³-hybridized carbons (Fsp3) is 0.227. The van der Waals surface area contributed by atoms with Crippen molar-refractivity contribution in [2.24, 2.45) is 0 Å². The van der Waals surface area contributed by atoms with Crippen molar-refractivity contribution in [3.8, 4) is 0 Å². The highest BCUT2D eigenvalue weighted by atomic mass is 17.2. The van der Waals surface area contributed by atoms with Crippen molar-refractivity contribution in [3.05, 3.63) is 83.2 Å². The second-order valence-corrected chi connectivity index (χ2v) is 6.30. The summed E-state index contributed by atoms with van der Waals surface area (Å²) in [4.78, 5) is 22.5. The average molecular weight is 380 g/mol. The van der Waals surface area contributed by atoms with Gasteiger partial charge in [-0.25, -0.2) is 14.6 Å². The molecule has 0 unspecified atom stereocenters. The quantitative estimate of drug-likeness (QED) is 0.405. The number of nitrogens with one attached hydrogen (secondary N) is 2. The molecule has 1 aliphatic carbocycles. The van der Waals surface area contributed by atoms with Crippen molar-refractivity contribution in [1.29, 1.82) is 0 Å². The number of ether oxygens (including phenoxy) is 1. The Morgan fingerprint density at radius 3 is 1.96 bits per heavy atom. The van der Waals surface area contributed by atoms with Crippen molar-refractivity contribution < 1.29 is 19.3 Å². The van der Waals surface area contributed by atoms with Crippen molar-refractivity contribution in [1.82, 2.24) is 0 Å². The van der Waals surface area contributed by atoms with Gasteiger partial charge in [0.05, 0.1) is 19.8 Å². The van der Waals surface area contributed by atoms with Crippen LogP contribution in [-0.4, -0.2) is 26.8 Å². The zero-order valence-corrected chi connectivity index (χ0v) is 16.0. The monoisotopic (exact) mass is 380 g/mol. The summed E-state index contributed by atoms with van der Waals surface area (Å²) in [5, 5.41) is 6.77. The molecule has 0 aromatic heterocycles. The van der Waals surface area contributed by atoms with Crippen LogP contribution in [0.4, 0.5) is 11.4 Å². The Morgan fingerprint density at radius 1 is 0.857 bits per heavy atom. The number of rotatable bonds is 8. The van der Waals surface area contributed by atoms with E-state index in [0.717, 1.165) is 28.3 Å². The molecule has 146 valence electrons. The van der Waals surface area contributed by atoms with Gasteiger partial charge in [-0.2, -0.15) is 0 Å². The molecule has 0 radical (unpaired) electrons. The van der Waals surface area contributed by atoms with E-state index in [1.54, 1.807) is 0 Å². The highest BCUT2D eigenvalue weighted by Crippen LogP contribution is 2.32. The molecule has 0 bridgehead atoms. The van der Waals surface area contributed by atoms with Gasteiger partial charge in [0.1, 0.15) is 6.61 Å². The lowest BCUT2D eigenvalue weighted by molar-refractivity contribution is -0.265. The van der Waals surface area contributed by atoms with Crippen LogP contribution in [0.25, 0.3) is 0 Å². The number of anilines is 2. The fourth-order valence-corrected chi connectivity index (χ4v) is 3.07. The van der Waals surface area contributed by atoms with Crippen LogP contribution in [0, 0.1) is 0 Å². The summed E-state index contributed by atoms with van der Waals surface area (Å²) in [7, 11) is 2.87. The van der Waals surface area contributed by atoms with E-state index in [9.17, 15) is 4.79 Å². The predicted molar refractivity (Wildman–Crippen MR) is 108 cm³/mol. The lowest BCUT2D eigenvalue weighted by Crippen LogP contribution is -2.22. The molecule has 2 aromatic carbocycles. The summed E-state index contributed by atoms with van der Waals surface area (Å²) in [6.07, 6.45) is 0.914. The summed E-state index contributed by atoms with van der Waals surface area (Å²) in [5.41, 5.74) is 5.14. The number of hydrogen-bond acceptors (Lipinski definition) is 6. The van der Waals surface area contributed by atoms with Crippen molar-refractivity contribution in [2.45, 2.75) is 12.8 Å². The van der Waals surface area contributed by atoms with Crippen molar-refractivity contribution >= 4 is 17.3 Å². The van der Waals surface area contributed by atoms with E-state index in [0.29, 0.717) is 25.0 Å². The molecule has 6 nitrogen and oxygen atoms in total. The number of methoxy groups -OCH3 is 1. The molecule has 28 heavy (non-hydrogen) atoms. The molecule has 0 heterocycles.